The minimum absolute atomic E-state index is 0. The highest BCUT2D eigenvalue weighted by atomic mass is 35.5. The molecule has 1 amide bonds. The largest absolute Gasteiger partial charge is 0.396 e. The summed E-state index contributed by atoms with van der Waals surface area (Å²) < 4.78 is 17.9. The van der Waals surface area contributed by atoms with Crippen LogP contribution in [-0.4, -0.2) is 50.7 Å². The van der Waals surface area contributed by atoms with Crippen LogP contribution in [0.5, 0.6) is 0 Å². The Balaban J connectivity index is 0.00000316. The van der Waals surface area contributed by atoms with E-state index < -0.39 is 17.3 Å². The number of aromatic nitrogens is 2. The van der Waals surface area contributed by atoms with Crippen molar-refractivity contribution >= 4 is 51.5 Å². The Morgan fingerprint density at radius 3 is 2.76 bits per heavy atom. The van der Waals surface area contributed by atoms with Crippen LogP contribution in [0.25, 0.3) is 10.9 Å². The summed E-state index contributed by atoms with van der Waals surface area (Å²) in [5, 5.41) is 18.6. The van der Waals surface area contributed by atoms with Gasteiger partial charge in [-0.05, 0) is 42.8 Å². The topological polar surface area (TPSA) is 87.5 Å². The van der Waals surface area contributed by atoms with Crippen molar-refractivity contribution in [1.82, 2.24) is 14.7 Å². The number of anilines is 1. The van der Waals surface area contributed by atoms with Crippen molar-refractivity contribution in [3.63, 3.8) is 0 Å². The van der Waals surface area contributed by atoms with Gasteiger partial charge in [0.2, 0.25) is 5.91 Å². The van der Waals surface area contributed by atoms with Crippen LogP contribution in [0.2, 0.25) is 10.0 Å². The molecule has 10 heteroatoms. The predicted octanol–water partition coefficient (Wildman–Crippen LogP) is 6.51. The molecule has 0 saturated carbocycles. The zero-order valence-corrected chi connectivity index (χ0v) is 23.7. The maximum atomic E-state index is 16.0. The molecule has 1 aromatic heterocycles. The third kappa shape index (κ3) is 3.82. The van der Waals surface area contributed by atoms with Crippen molar-refractivity contribution < 1.29 is 19.1 Å². The lowest BCUT2D eigenvalue weighted by atomic mass is 9.73. The fourth-order valence-electron chi connectivity index (χ4n) is 7.53. The highest BCUT2D eigenvalue weighted by molar-refractivity contribution is 6.31. The predicted molar refractivity (Wildman–Crippen MR) is 162 cm³/mol. The number of carbonyl (C=O) groups is 2. The molecule has 4 atom stereocenters. The van der Waals surface area contributed by atoms with E-state index in [0.29, 0.717) is 46.7 Å². The number of hydrogen-bond acceptors (Lipinski definition) is 5. The highest BCUT2D eigenvalue weighted by Gasteiger charge is 2.69. The average Bonchev–Trinajstić information content (AvgIpc) is 3.65. The first-order valence-electron chi connectivity index (χ1n) is 13.8. The molecule has 1 spiro atoms. The lowest BCUT2D eigenvalue weighted by Crippen LogP contribution is -2.52. The molecule has 1 saturated heterocycles. The molecule has 3 aliphatic heterocycles. The van der Waals surface area contributed by atoms with Crippen LogP contribution in [0.1, 0.15) is 66.3 Å². The first-order chi connectivity index (χ1) is 19.8. The molecule has 42 heavy (non-hydrogen) atoms. The van der Waals surface area contributed by atoms with E-state index in [-0.39, 0.29) is 49.3 Å². The third-order valence-electron chi connectivity index (χ3n) is 9.05. The normalized spacial score (nSPS) is 24.0. The summed E-state index contributed by atoms with van der Waals surface area (Å²) in [6.07, 6.45) is 1.25. The second-order valence-corrected chi connectivity index (χ2v) is 11.8. The number of benzene rings is 3. The maximum Gasteiger partial charge on any atom is 0.250 e. The number of halogens is 3. The van der Waals surface area contributed by atoms with Crippen LogP contribution in [0.4, 0.5) is 10.1 Å². The van der Waals surface area contributed by atoms with Gasteiger partial charge in [0.1, 0.15) is 11.4 Å². The minimum Gasteiger partial charge on any atom is -0.396 e. The third-order valence-corrected chi connectivity index (χ3v) is 9.58. The number of likely N-dealkylation sites (tertiary alicyclic amines) is 1. The fourth-order valence-corrected chi connectivity index (χ4v) is 7.89. The molecule has 1 fully saturated rings. The Morgan fingerprint density at radius 2 is 2.00 bits per heavy atom. The van der Waals surface area contributed by atoms with E-state index in [1.807, 2.05) is 23.7 Å². The molecule has 4 aromatic rings. The lowest BCUT2D eigenvalue weighted by molar-refractivity contribution is -0.127. The second kappa shape index (κ2) is 10.5. The number of rotatable bonds is 6. The van der Waals surface area contributed by atoms with E-state index in [9.17, 15) is 9.59 Å². The number of carbonyl (C=O) groups excluding carboxylic acids is 2. The van der Waals surface area contributed by atoms with Crippen molar-refractivity contribution in [3.05, 3.63) is 92.8 Å². The first-order valence-corrected chi connectivity index (χ1v) is 14.5. The summed E-state index contributed by atoms with van der Waals surface area (Å²) in [5.41, 5.74) is 2.71. The van der Waals surface area contributed by atoms with Crippen molar-refractivity contribution in [2.45, 2.75) is 57.2 Å². The molecule has 3 aliphatic rings. The second-order valence-electron chi connectivity index (χ2n) is 11.0. The van der Waals surface area contributed by atoms with Crippen LogP contribution in [0.3, 0.4) is 0 Å². The molecule has 4 heterocycles. The SMILES string of the molecule is C.CCN1[C@H]2Cc3c4ccc(C(=O)CCCO)cc4nn3[C@H]2[C@H](c2cccc(Cl)c2F)[C@]12C(=O)Nc1cc(Cl)ccc12. The summed E-state index contributed by atoms with van der Waals surface area (Å²) in [4.78, 5) is 29.1. The first kappa shape index (κ1) is 28.8. The van der Waals surface area contributed by atoms with Gasteiger partial charge >= 0.3 is 0 Å². The lowest BCUT2D eigenvalue weighted by Gasteiger charge is -2.39. The average molecular weight is 610 g/mol. The molecule has 0 radical (unpaired) electrons. The Morgan fingerprint density at radius 1 is 1.19 bits per heavy atom. The number of Topliss-reactive ketones (excluding diaryl/α,β-unsaturated/α-hetero) is 1. The molecule has 3 aromatic carbocycles. The maximum absolute atomic E-state index is 16.0. The molecular weight excluding hydrogens is 578 g/mol. The number of likely N-dealkylation sites (N-methyl/N-ethyl adjacent to an activating group) is 1. The molecule has 218 valence electrons. The summed E-state index contributed by atoms with van der Waals surface area (Å²) in [6.45, 7) is 2.51. The number of amides is 1. The van der Waals surface area contributed by atoms with Gasteiger partial charge in [-0.2, -0.15) is 5.10 Å². The van der Waals surface area contributed by atoms with Crippen molar-refractivity contribution in [3.8, 4) is 0 Å². The van der Waals surface area contributed by atoms with Gasteiger partial charge in [-0.1, -0.05) is 67.9 Å². The number of aliphatic hydroxyl groups excluding tert-OH is 1. The highest BCUT2D eigenvalue weighted by Crippen LogP contribution is 2.63. The van der Waals surface area contributed by atoms with E-state index in [1.54, 1.807) is 36.4 Å². The quantitative estimate of drug-likeness (QED) is 0.244. The Bertz CT molecular complexity index is 1760. The number of fused-ring (bicyclic) bond motifs is 7. The van der Waals surface area contributed by atoms with Gasteiger partial charge in [0.05, 0.1) is 16.6 Å². The van der Waals surface area contributed by atoms with E-state index >= 15 is 4.39 Å². The standard InChI is InChI=1S/C31H27Cl2FN4O3.CH4/c1-2-37-25-15-24-18-10-8-16(26(40)7-4-12-39)13-22(18)36-38(24)29(25)27(19-5-3-6-21(33)28(19)34)31(37)20-11-9-17(32)14-23(20)35-30(31)41;/h3,5-6,8-11,13-14,25,27,29,39H,2,4,7,12,15H2,1H3,(H,35,41);1H4/t25-,27-,29+,31+;/m0./s1. The van der Waals surface area contributed by atoms with E-state index in [2.05, 4.69) is 10.2 Å². The zero-order valence-electron chi connectivity index (χ0n) is 22.2. The van der Waals surface area contributed by atoms with Crippen LogP contribution in [0, 0.1) is 5.82 Å². The van der Waals surface area contributed by atoms with Gasteiger partial charge in [0, 0.05) is 64.3 Å². The molecule has 7 nitrogen and oxygen atoms in total. The smallest absolute Gasteiger partial charge is 0.250 e. The van der Waals surface area contributed by atoms with E-state index in [4.69, 9.17) is 33.4 Å². The van der Waals surface area contributed by atoms with Gasteiger partial charge in [-0.3, -0.25) is 19.2 Å². The van der Waals surface area contributed by atoms with Gasteiger partial charge in [0.25, 0.3) is 0 Å². The number of nitrogens with one attached hydrogen (secondary N) is 1. The summed E-state index contributed by atoms with van der Waals surface area (Å²) in [5.74, 6) is -1.49. The molecule has 2 N–H and O–H groups in total. The monoisotopic (exact) mass is 608 g/mol. The van der Waals surface area contributed by atoms with Crippen molar-refractivity contribution in [1.29, 1.82) is 0 Å². The number of nitrogens with zero attached hydrogens (tertiary/aromatic N) is 3. The summed E-state index contributed by atoms with van der Waals surface area (Å²) in [7, 11) is 0. The Labute approximate surface area is 253 Å². The van der Waals surface area contributed by atoms with Gasteiger partial charge in [-0.15, -0.1) is 0 Å². The fraction of sp³-hybridized carbons (Fsp3) is 0.344. The van der Waals surface area contributed by atoms with Gasteiger partial charge in [0.15, 0.2) is 5.78 Å². The summed E-state index contributed by atoms with van der Waals surface area (Å²) in [6, 6.07) is 15.3. The van der Waals surface area contributed by atoms with E-state index in [1.165, 1.54) is 6.07 Å². The minimum atomic E-state index is -1.21. The van der Waals surface area contributed by atoms with Crippen LogP contribution < -0.4 is 5.32 Å². The number of hydrogen-bond donors (Lipinski definition) is 2. The molecule has 7 rings (SSSR count). The van der Waals surface area contributed by atoms with Gasteiger partial charge < -0.3 is 10.4 Å². The van der Waals surface area contributed by atoms with Crippen LogP contribution in [0.15, 0.2) is 54.6 Å². The number of ketones is 1. The van der Waals surface area contributed by atoms with Crippen LogP contribution >= 0.6 is 23.2 Å². The van der Waals surface area contributed by atoms with Crippen molar-refractivity contribution in [2.24, 2.45) is 0 Å². The van der Waals surface area contributed by atoms with Gasteiger partial charge in [-0.25, -0.2) is 4.39 Å². The van der Waals surface area contributed by atoms with E-state index in [0.717, 1.165) is 16.6 Å². The zero-order chi connectivity index (χ0) is 28.6. The van der Waals surface area contributed by atoms with Crippen molar-refractivity contribution in [2.75, 3.05) is 18.5 Å². The Kier molecular flexibility index (Phi) is 7.17. The molecular formula is C32H31Cl2FN4O3. The number of aliphatic hydroxyl groups is 1. The molecule has 0 bridgehead atoms. The van der Waals surface area contributed by atoms with Crippen LogP contribution in [-0.2, 0) is 16.8 Å². The Hall–Kier alpha value is -3.30. The summed E-state index contributed by atoms with van der Waals surface area (Å²) >= 11 is 12.6. The molecule has 0 unspecified atom stereocenters. The molecule has 0 aliphatic carbocycles.